The summed E-state index contributed by atoms with van der Waals surface area (Å²) < 4.78 is 51.5. The third-order valence-corrected chi connectivity index (χ3v) is 5.10. The van der Waals surface area contributed by atoms with Crippen LogP contribution in [0.15, 0.2) is 0 Å². The highest BCUT2D eigenvalue weighted by Gasteiger charge is 2.38. The summed E-state index contributed by atoms with van der Waals surface area (Å²) in [5, 5.41) is 0. The van der Waals surface area contributed by atoms with E-state index in [-0.39, 0.29) is 19.1 Å². The van der Waals surface area contributed by atoms with E-state index >= 15 is 0 Å². The fourth-order valence-corrected chi connectivity index (χ4v) is 2.42. The molecule has 0 radical (unpaired) electrons. The maximum Gasteiger partial charge on any atom is 0.427 e. The lowest BCUT2D eigenvalue weighted by Crippen LogP contribution is -2.26. The Morgan fingerprint density at radius 3 is 2.21 bits per heavy atom. The minimum Gasteiger partial charge on any atom is -0.270 e. The topological polar surface area (TPSA) is 43.4 Å². The summed E-state index contributed by atoms with van der Waals surface area (Å²) in [5.74, 6) is 0. The fourth-order valence-electron chi connectivity index (χ4n) is 0.807. The van der Waals surface area contributed by atoms with Gasteiger partial charge in [0.2, 0.25) is 0 Å². The molecule has 0 heterocycles. The summed E-state index contributed by atoms with van der Waals surface area (Å²) >= 11 is 0. The van der Waals surface area contributed by atoms with Gasteiger partial charge in [-0.05, 0) is 6.42 Å². The summed E-state index contributed by atoms with van der Waals surface area (Å²) in [6.07, 6.45) is 1.01. The average Bonchev–Trinajstić information content (AvgIpc) is 1.96. The molecule has 0 N–H and O–H groups in total. The Bertz CT molecular complexity index is 264. The average molecular weight is 246 g/mol. The van der Waals surface area contributed by atoms with E-state index in [1.54, 1.807) is 0 Å². The third-order valence-electron chi connectivity index (χ3n) is 1.80. The largest absolute Gasteiger partial charge is 0.427 e. The fraction of sp³-hybridized carbons (Fsp3) is 1.00. The molecule has 14 heavy (non-hydrogen) atoms. The Hall–Kier alpha value is -0.0131. The Morgan fingerprint density at radius 2 is 1.86 bits per heavy atom. The third kappa shape index (κ3) is 6.44. The van der Waals surface area contributed by atoms with Gasteiger partial charge in [0.25, 0.3) is 10.1 Å². The normalized spacial score (nSPS) is 13.6. The minimum atomic E-state index is -4.15. The second-order valence-electron chi connectivity index (χ2n) is 3.55. The molecular weight excluding hydrogens is 230 g/mol. The van der Waals surface area contributed by atoms with Crippen molar-refractivity contribution in [3.63, 3.8) is 0 Å². The molecule has 0 aliphatic carbocycles. The SMILES string of the molecule is CC(C)[Si](F)(F)CCCOS(C)(=O)=O. The van der Waals surface area contributed by atoms with Gasteiger partial charge in [-0.15, -0.1) is 0 Å². The van der Waals surface area contributed by atoms with Gasteiger partial charge < -0.3 is 0 Å². The van der Waals surface area contributed by atoms with E-state index in [0.717, 1.165) is 6.26 Å². The molecule has 0 aromatic heterocycles. The minimum absolute atomic E-state index is 0.102. The molecule has 86 valence electrons. The zero-order valence-electron chi connectivity index (χ0n) is 8.59. The van der Waals surface area contributed by atoms with E-state index in [2.05, 4.69) is 4.18 Å². The molecule has 0 fully saturated rings. The van der Waals surface area contributed by atoms with E-state index in [1.165, 1.54) is 13.8 Å². The summed E-state index contributed by atoms with van der Waals surface area (Å²) in [7, 11) is -7.64. The highest BCUT2D eigenvalue weighted by molar-refractivity contribution is 7.85. The molecule has 3 nitrogen and oxygen atoms in total. The molecule has 0 amide bonds. The van der Waals surface area contributed by atoms with E-state index in [9.17, 15) is 16.6 Å². The van der Waals surface area contributed by atoms with E-state index in [1.807, 2.05) is 0 Å². The molecule has 0 saturated heterocycles. The van der Waals surface area contributed by atoms with E-state index < -0.39 is 24.4 Å². The van der Waals surface area contributed by atoms with E-state index in [4.69, 9.17) is 0 Å². The van der Waals surface area contributed by atoms with Crippen LogP contribution in [-0.4, -0.2) is 30.0 Å². The van der Waals surface area contributed by atoms with Crippen molar-refractivity contribution in [2.24, 2.45) is 0 Å². The molecule has 7 heteroatoms. The number of halogens is 2. The van der Waals surface area contributed by atoms with Crippen molar-refractivity contribution in [2.45, 2.75) is 31.9 Å². The molecule has 0 spiro atoms. The molecule has 0 aromatic carbocycles. The molecule has 0 rings (SSSR count). The zero-order chi connectivity index (χ0) is 11.4. The molecule has 0 unspecified atom stereocenters. The van der Waals surface area contributed by atoms with Gasteiger partial charge in [0.15, 0.2) is 0 Å². The predicted octanol–water partition coefficient (Wildman–Crippen LogP) is 2.14. The summed E-state index contributed by atoms with van der Waals surface area (Å²) in [6.45, 7) is 2.83. The monoisotopic (exact) mass is 246 g/mol. The first-order chi connectivity index (χ1) is 6.15. The Balaban J connectivity index is 3.76. The van der Waals surface area contributed by atoms with Crippen molar-refractivity contribution in [1.82, 2.24) is 0 Å². The van der Waals surface area contributed by atoms with Crippen molar-refractivity contribution < 1.29 is 20.8 Å². The lowest BCUT2D eigenvalue weighted by molar-refractivity contribution is 0.318. The maximum atomic E-state index is 13.1. The van der Waals surface area contributed by atoms with Crippen LogP contribution in [0.1, 0.15) is 20.3 Å². The first-order valence-electron chi connectivity index (χ1n) is 4.37. The molecule has 0 saturated carbocycles. The standard InChI is InChI=1S/C7H16F2O3SSi/c1-7(2)14(8,9)6-4-5-12-13(3,10)11/h7H,4-6H2,1-3H3. The lowest BCUT2D eigenvalue weighted by Gasteiger charge is -2.15. The van der Waals surface area contributed by atoms with Crippen molar-refractivity contribution in [1.29, 1.82) is 0 Å². The quantitative estimate of drug-likeness (QED) is 0.312. The second-order valence-corrected chi connectivity index (χ2v) is 8.37. The smallest absolute Gasteiger partial charge is 0.270 e. The summed E-state index contributed by atoms with van der Waals surface area (Å²) in [5.41, 5.74) is -0.597. The highest BCUT2D eigenvalue weighted by atomic mass is 32.2. The van der Waals surface area contributed by atoms with Crippen LogP contribution >= 0.6 is 0 Å². The molecule has 0 atom stereocenters. The molecule has 0 aliphatic rings. The van der Waals surface area contributed by atoms with Crippen LogP contribution in [0.2, 0.25) is 11.6 Å². The number of hydrogen-bond donors (Lipinski definition) is 0. The maximum absolute atomic E-state index is 13.1. The van der Waals surface area contributed by atoms with Crippen LogP contribution in [0.25, 0.3) is 0 Å². The van der Waals surface area contributed by atoms with Gasteiger partial charge >= 0.3 is 8.74 Å². The van der Waals surface area contributed by atoms with Crippen LogP contribution in [0, 0.1) is 0 Å². The van der Waals surface area contributed by atoms with Crippen LogP contribution in [0.3, 0.4) is 0 Å². The van der Waals surface area contributed by atoms with Crippen LogP contribution in [0.4, 0.5) is 8.22 Å². The van der Waals surface area contributed by atoms with Gasteiger partial charge in [0.05, 0.1) is 12.9 Å². The van der Waals surface area contributed by atoms with Gasteiger partial charge in [0.1, 0.15) is 0 Å². The van der Waals surface area contributed by atoms with Gasteiger partial charge in [0, 0.05) is 11.6 Å². The summed E-state index contributed by atoms with van der Waals surface area (Å²) in [4.78, 5) is 0. The number of hydrogen-bond acceptors (Lipinski definition) is 3. The Morgan fingerprint density at radius 1 is 1.36 bits per heavy atom. The molecule has 0 aromatic rings. The van der Waals surface area contributed by atoms with Crippen molar-refractivity contribution in [3.8, 4) is 0 Å². The van der Waals surface area contributed by atoms with Gasteiger partial charge in [-0.3, -0.25) is 12.4 Å². The van der Waals surface area contributed by atoms with Gasteiger partial charge in [-0.1, -0.05) is 13.8 Å². The first kappa shape index (κ1) is 14.0. The van der Waals surface area contributed by atoms with Crippen molar-refractivity contribution in [3.05, 3.63) is 0 Å². The van der Waals surface area contributed by atoms with E-state index in [0.29, 0.717) is 0 Å². The van der Waals surface area contributed by atoms with Crippen LogP contribution in [0.5, 0.6) is 0 Å². The second kappa shape index (κ2) is 5.18. The number of rotatable bonds is 6. The van der Waals surface area contributed by atoms with Crippen LogP contribution < -0.4 is 0 Å². The van der Waals surface area contributed by atoms with Crippen molar-refractivity contribution in [2.75, 3.05) is 12.9 Å². The van der Waals surface area contributed by atoms with Gasteiger partial charge in [-0.2, -0.15) is 8.42 Å². The van der Waals surface area contributed by atoms with Crippen molar-refractivity contribution >= 4 is 18.9 Å². The molecule has 0 bridgehead atoms. The van der Waals surface area contributed by atoms with Gasteiger partial charge in [-0.25, -0.2) is 0 Å². The Kier molecular flexibility index (Phi) is 5.17. The first-order valence-corrected chi connectivity index (χ1v) is 8.23. The lowest BCUT2D eigenvalue weighted by atomic mass is 10.5. The summed E-state index contributed by atoms with van der Waals surface area (Å²) in [6, 6.07) is -0.208. The highest BCUT2D eigenvalue weighted by Crippen LogP contribution is 2.28. The molecule has 0 aliphatic heterocycles. The Labute approximate surface area is 84.9 Å². The molecular formula is C7H16F2O3SSi. The predicted molar refractivity (Wildman–Crippen MR) is 53.3 cm³/mol. The van der Waals surface area contributed by atoms with Crippen LogP contribution in [-0.2, 0) is 14.3 Å². The zero-order valence-corrected chi connectivity index (χ0v) is 10.4.